The first kappa shape index (κ1) is 14.3. The Bertz CT molecular complexity index is 585. The van der Waals surface area contributed by atoms with Gasteiger partial charge in [-0.25, -0.2) is 4.68 Å². The molecule has 112 valence electrons. The van der Waals surface area contributed by atoms with Crippen LogP contribution in [-0.4, -0.2) is 37.8 Å². The lowest BCUT2D eigenvalue weighted by Crippen LogP contribution is -2.27. The van der Waals surface area contributed by atoms with E-state index in [1.807, 2.05) is 6.07 Å². The van der Waals surface area contributed by atoms with Crippen LogP contribution in [0.5, 0.6) is 0 Å². The Morgan fingerprint density at radius 2 is 2.05 bits per heavy atom. The Hall–Kier alpha value is -1.69. The molecule has 0 amide bonds. The second-order valence-electron chi connectivity index (χ2n) is 5.35. The fraction of sp³-hybridized carbons (Fsp3) is 0.571. The van der Waals surface area contributed by atoms with E-state index in [2.05, 4.69) is 31.9 Å². The topological polar surface area (TPSA) is 59.7 Å². The molecule has 0 spiro atoms. The molecule has 2 aromatic rings. The minimum Gasteiger partial charge on any atom is -0.341 e. The monoisotopic (exact) mass is 306 g/mol. The summed E-state index contributed by atoms with van der Waals surface area (Å²) in [4.78, 5) is 15.1. The second-order valence-corrected chi connectivity index (χ2v) is 5.69. The molecule has 0 aliphatic carbocycles. The van der Waals surface area contributed by atoms with Crippen LogP contribution in [0, 0.1) is 5.92 Å². The number of aromatic nitrogens is 5. The molecular weight excluding hydrogens is 288 g/mol. The van der Waals surface area contributed by atoms with Crippen molar-refractivity contribution in [3.05, 3.63) is 23.7 Å². The minimum atomic E-state index is 0.210. The lowest BCUT2D eigenvalue weighted by molar-refractivity contribution is 0.459. The first-order chi connectivity index (χ1) is 10.3. The third kappa shape index (κ3) is 3.32. The van der Waals surface area contributed by atoms with Crippen LogP contribution in [0.3, 0.4) is 0 Å². The van der Waals surface area contributed by atoms with Crippen molar-refractivity contribution in [2.45, 2.75) is 32.6 Å². The summed E-state index contributed by atoms with van der Waals surface area (Å²) in [5.41, 5.74) is 0. The van der Waals surface area contributed by atoms with Crippen molar-refractivity contribution < 1.29 is 0 Å². The van der Waals surface area contributed by atoms with Gasteiger partial charge in [0.15, 0.2) is 0 Å². The molecule has 0 saturated carbocycles. The Morgan fingerprint density at radius 1 is 1.19 bits per heavy atom. The highest BCUT2D eigenvalue weighted by Gasteiger charge is 2.19. The molecule has 7 heteroatoms. The number of nitrogens with zero attached hydrogens (tertiary/aromatic N) is 6. The van der Waals surface area contributed by atoms with Crippen molar-refractivity contribution in [1.29, 1.82) is 0 Å². The maximum Gasteiger partial charge on any atom is 0.256 e. The molecule has 1 aliphatic rings. The number of halogens is 1. The van der Waals surface area contributed by atoms with Crippen LogP contribution < -0.4 is 4.90 Å². The Morgan fingerprint density at radius 3 is 2.81 bits per heavy atom. The molecular formula is C14H19ClN6. The van der Waals surface area contributed by atoms with Gasteiger partial charge in [-0.15, -0.1) is 0 Å². The van der Waals surface area contributed by atoms with Crippen LogP contribution in [0.1, 0.15) is 32.6 Å². The summed E-state index contributed by atoms with van der Waals surface area (Å²) in [6.07, 6.45) is 8.35. The van der Waals surface area contributed by atoms with E-state index in [1.165, 1.54) is 25.7 Å². The van der Waals surface area contributed by atoms with E-state index in [9.17, 15) is 0 Å². The van der Waals surface area contributed by atoms with Crippen LogP contribution in [0.2, 0.25) is 5.28 Å². The van der Waals surface area contributed by atoms with Crippen LogP contribution in [0.25, 0.3) is 5.95 Å². The fourth-order valence-electron chi connectivity index (χ4n) is 2.73. The molecule has 3 heterocycles. The average molecular weight is 307 g/mol. The van der Waals surface area contributed by atoms with Gasteiger partial charge in [0.1, 0.15) is 0 Å². The highest BCUT2D eigenvalue weighted by molar-refractivity contribution is 6.28. The minimum absolute atomic E-state index is 0.210. The van der Waals surface area contributed by atoms with E-state index in [0.717, 1.165) is 19.0 Å². The quantitative estimate of drug-likeness (QED) is 0.872. The summed E-state index contributed by atoms with van der Waals surface area (Å²) in [5.74, 6) is 1.92. The molecule has 1 atom stereocenters. The zero-order chi connectivity index (χ0) is 14.7. The predicted molar refractivity (Wildman–Crippen MR) is 81.8 cm³/mol. The molecule has 2 aromatic heterocycles. The summed E-state index contributed by atoms with van der Waals surface area (Å²) >= 11 is 6.05. The largest absolute Gasteiger partial charge is 0.341 e. The third-order valence-electron chi connectivity index (χ3n) is 4.00. The lowest BCUT2D eigenvalue weighted by Gasteiger charge is -2.20. The summed E-state index contributed by atoms with van der Waals surface area (Å²) in [6.45, 7) is 4.20. The van der Waals surface area contributed by atoms with Crippen molar-refractivity contribution in [3.63, 3.8) is 0 Å². The zero-order valence-corrected chi connectivity index (χ0v) is 12.9. The van der Waals surface area contributed by atoms with Gasteiger partial charge in [-0.3, -0.25) is 0 Å². The molecule has 0 aromatic carbocycles. The normalized spacial score (nSPS) is 19.5. The van der Waals surface area contributed by atoms with Crippen molar-refractivity contribution in [3.8, 4) is 5.95 Å². The van der Waals surface area contributed by atoms with Crippen LogP contribution in [-0.2, 0) is 0 Å². The van der Waals surface area contributed by atoms with Gasteiger partial charge >= 0.3 is 0 Å². The second kappa shape index (κ2) is 6.39. The van der Waals surface area contributed by atoms with Crippen LogP contribution >= 0.6 is 11.6 Å². The summed E-state index contributed by atoms with van der Waals surface area (Å²) in [6, 6.07) is 1.83. The van der Waals surface area contributed by atoms with Crippen LogP contribution in [0.4, 0.5) is 5.95 Å². The molecule has 0 N–H and O–H groups in total. The van der Waals surface area contributed by atoms with E-state index in [0.29, 0.717) is 11.9 Å². The molecule has 0 bridgehead atoms. The summed E-state index contributed by atoms with van der Waals surface area (Å²) in [7, 11) is 0. The van der Waals surface area contributed by atoms with E-state index in [-0.39, 0.29) is 5.28 Å². The van der Waals surface area contributed by atoms with Crippen molar-refractivity contribution in [1.82, 2.24) is 24.7 Å². The lowest BCUT2D eigenvalue weighted by atomic mass is 9.98. The molecule has 1 fully saturated rings. The highest BCUT2D eigenvalue weighted by atomic mass is 35.5. The maximum absolute atomic E-state index is 6.05. The predicted octanol–water partition coefficient (Wildman–Crippen LogP) is 2.73. The van der Waals surface area contributed by atoms with Crippen molar-refractivity contribution in [2.24, 2.45) is 5.92 Å². The zero-order valence-electron chi connectivity index (χ0n) is 12.1. The molecule has 3 rings (SSSR count). The fourth-order valence-corrected chi connectivity index (χ4v) is 2.89. The van der Waals surface area contributed by atoms with Gasteiger partial charge in [-0.05, 0) is 42.8 Å². The standard InChI is InChI=1S/C14H19ClN6/c1-2-11-5-3-8-20(10-6-11)13-17-12(15)18-14(19-13)21-9-4-7-16-21/h4,7,9,11H,2-3,5-6,8,10H2,1H3. The van der Waals surface area contributed by atoms with E-state index >= 15 is 0 Å². The Kier molecular flexibility index (Phi) is 4.34. The first-order valence-electron chi connectivity index (χ1n) is 7.43. The molecule has 1 unspecified atom stereocenters. The van der Waals surface area contributed by atoms with E-state index in [4.69, 9.17) is 11.6 Å². The first-order valence-corrected chi connectivity index (χ1v) is 7.80. The molecule has 1 aliphatic heterocycles. The Balaban J connectivity index is 1.85. The SMILES string of the molecule is CCC1CCCN(c2nc(Cl)nc(-n3cccn3)n2)CC1. The average Bonchev–Trinajstić information content (AvgIpc) is 2.91. The Labute approximate surface area is 129 Å². The number of rotatable bonds is 3. The summed E-state index contributed by atoms with van der Waals surface area (Å²) in [5, 5.41) is 4.35. The van der Waals surface area contributed by atoms with Crippen LogP contribution in [0.15, 0.2) is 18.5 Å². The summed E-state index contributed by atoms with van der Waals surface area (Å²) < 4.78 is 1.60. The van der Waals surface area contributed by atoms with E-state index in [1.54, 1.807) is 17.1 Å². The third-order valence-corrected chi connectivity index (χ3v) is 4.17. The van der Waals surface area contributed by atoms with E-state index < -0.39 is 0 Å². The molecule has 6 nitrogen and oxygen atoms in total. The number of hydrogen-bond donors (Lipinski definition) is 0. The number of hydrogen-bond acceptors (Lipinski definition) is 5. The van der Waals surface area contributed by atoms with Gasteiger partial charge in [0.25, 0.3) is 5.95 Å². The highest BCUT2D eigenvalue weighted by Crippen LogP contribution is 2.23. The van der Waals surface area contributed by atoms with Gasteiger partial charge < -0.3 is 4.90 Å². The van der Waals surface area contributed by atoms with Gasteiger partial charge in [0.2, 0.25) is 11.2 Å². The molecule has 0 radical (unpaired) electrons. The maximum atomic E-state index is 6.05. The van der Waals surface area contributed by atoms with Gasteiger partial charge in [0, 0.05) is 25.5 Å². The smallest absolute Gasteiger partial charge is 0.256 e. The number of anilines is 1. The molecule has 21 heavy (non-hydrogen) atoms. The van der Waals surface area contributed by atoms with Gasteiger partial charge in [0.05, 0.1) is 0 Å². The van der Waals surface area contributed by atoms with Gasteiger partial charge in [-0.2, -0.15) is 20.1 Å². The van der Waals surface area contributed by atoms with Crippen molar-refractivity contribution >= 4 is 17.5 Å². The molecule has 1 saturated heterocycles. The van der Waals surface area contributed by atoms with Crippen molar-refractivity contribution in [2.75, 3.05) is 18.0 Å². The van der Waals surface area contributed by atoms with Gasteiger partial charge in [-0.1, -0.05) is 13.3 Å².